The summed E-state index contributed by atoms with van der Waals surface area (Å²) in [5, 5.41) is 3.49. The molecule has 1 atom stereocenters. The van der Waals surface area contributed by atoms with E-state index in [1.807, 2.05) is 0 Å². The first-order valence-corrected chi connectivity index (χ1v) is 9.12. The van der Waals surface area contributed by atoms with Crippen LogP contribution in [-0.4, -0.2) is 55.0 Å². The molecule has 0 bridgehead atoms. The Morgan fingerprint density at radius 1 is 1.21 bits per heavy atom. The molecule has 1 N–H and O–H groups in total. The molecule has 24 heavy (non-hydrogen) atoms. The molecule has 1 aromatic carbocycles. The number of rotatable bonds is 4. The van der Waals surface area contributed by atoms with Crippen molar-refractivity contribution in [3.05, 3.63) is 35.4 Å². The molecule has 0 saturated carbocycles. The van der Waals surface area contributed by atoms with Gasteiger partial charge in [-0.1, -0.05) is 31.2 Å². The highest BCUT2D eigenvalue weighted by Gasteiger charge is 2.22. The first kappa shape index (κ1) is 19.5. The normalized spacial score (nSPS) is 21.3. The Balaban J connectivity index is 0.00000208. The predicted octanol–water partition coefficient (Wildman–Crippen LogP) is 2.97. The third kappa shape index (κ3) is 4.85. The van der Waals surface area contributed by atoms with Gasteiger partial charge in [0.25, 0.3) is 0 Å². The quantitative estimate of drug-likeness (QED) is 0.442. The molecule has 5 heteroatoms. The molecule has 0 spiro atoms. The van der Waals surface area contributed by atoms with Crippen molar-refractivity contribution in [1.29, 1.82) is 0 Å². The van der Waals surface area contributed by atoms with Gasteiger partial charge in [0, 0.05) is 32.7 Å². The Kier molecular flexibility index (Phi) is 7.81. The van der Waals surface area contributed by atoms with E-state index in [0.717, 1.165) is 44.5 Å². The van der Waals surface area contributed by atoms with Gasteiger partial charge >= 0.3 is 0 Å². The van der Waals surface area contributed by atoms with Crippen LogP contribution in [-0.2, 0) is 13.0 Å². The number of benzene rings is 1. The van der Waals surface area contributed by atoms with E-state index >= 15 is 0 Å². The van der Waals surface area contributed by atoms with Gasteiger partial charge in [-0.05, 0) is 49.9 Å². The number of halogens is 1. The molecule has 3 rings (SSSR count). The van der Waals surface area contributed by atoms with Crippen molar-refractivity contribution < 1.29 is 0 Å². The zero-order chi connectivity index (χ0) is 16.1. The minimum Gasteiger partial charge on any atom is -0.357 e. The molecule has 0 aliphatic carbocycles. The van der Waals surface area contributed by atoms with Gasteiger partial charge in [0.1, 0.15) is 0 Å². The zero-order valence-corrected chi connectivity index (χ0v) is 17.3. The van der Waals surface area contributed by atoms with Crippen LogP contribution in [0.3, 0.4) is 0 Å². The fourth-order valence-electron chi connectivity index (χ4n) is 3.67. The lowest BCUT2D eigenvalue weighted by Crippen LogP contribution is -2.44. The SMILES string of the molecule is CCNC(=NCC1CCN(CC)C1)N1CCc2ccccc2C1.I. The van der Waals surface area contributed by atoms with Crippen LogP contribution in [0.5, 0.6) is 0 Å². The van der Waals surface area contributed by atoms with Gasteiger partial charge in [-0.3, -0.25) is 4.99 Å². The van der Waals surface area contributed by atoms with E-state index < -0.39 is 0 Å². The maximum absolute atomic E-state index is 4.97. The van der Waals surface area contributed by atoms with Crippen molar-refractivity contribution in [3.8, 4) is 0 Å². The van der Waals surface area contributed by atoms with Crippen molar-refractivity contribution in [2.24, 2.45) is 10.9 Å². The number of fused-ring (bicyclic) bond motifs is 1. The van der Waals surface area contributed by atoms with E-state index in [1.165, 1.54) is 37.2 Å². The van der Waals surface area contributed by atoms with E-state index in [9.17, 15) is 0 Å². The van der Waals surface area contributed by atoms with Crippen LogP contribution in [0.25, 0.3) is 0 Å². The standard InChI is InChI=1S/C19H30N4.HI/c1-3-20-19(21-13-16-9-11-22(4-2)14-16)23-12-10-17-7-5-6-8-18(17)15-23;/h5-8,16H,3-4,9-15H2,1-2H3,(H,20,21);1H. The number of aliphatic imine (C=N–C) groups is 1. The summed E-state index contributed by atoms with van der Waals surface area (Å²) in [7, 11) is 0. The van der Waals surface area contributed by atoms with Crippen LogP contribution in [0.15, 0.2) is 29.3 Å². The van der Waals surface area contributed by atoms with Gasteiger partial charge in [0.2, 0.25) is 0 Å². The van der Waals surface area contributed by atoms with Gasteiger partial charge in [-0.15, -0.1) is 24.0 Å². The first-order valence-electron chi connectivity index (χ1n) is 9.12. The number of hydrogen-bond acceptors (Lipinski definition) is 2. The molecule has 1 fully saturated rings. The number of guanidine groups is 1. The van der Waals surface area contributed by atoms with E-state index in [4.69, 9.17) is 4.99 Å². The fraction of sp³-hybridized carbons (Fsp3) is 0.632. The van der Waals surface area contributed by atoms with E-state index in [1.54, 1.807) is 0 Å². The minimum absolute atomic E-state index is 0. The molecule has 2 aliphatic heterocycles. The largest absolute Gasteiger partial charge is 0.357 e. The maximum atomic E-state index is 4.97. The molecule has 2 heterocycles. The van der Waals surface area contributed by atoms with E-state index in [0.29, 0.717) is 0 Å². The molecule has 1 aromatic rings. The summed E-state index contributed by atoms with van der Waals surface area (Å²) in [4.78, 5) is 9.91. The van der Waals surface area contributed by atoms with Crippen LogP contribution in [0, 0.1) is 5.92 Å². The lowest BCUT2D eigenvalue weighted by Gasteiger charge is -2.32. The highest BCUT2D eigenvalue weighted by Crippen LogP contribution is 2.19. The van der Waals surface area contributed by atoms with Crippen molar-refractivity contribution in [2.75, 3.05) is 39.3 Å². The lowest BCUT2D eigenvalue weighted by atomic mass is 10.0. The molecule has 1 unspecified atom stereocenters. The van der Waals surface area contributed by atoms with Crippen LogP contribution < -0.4 is 5.32 Å². The molecule has 2 aliphatic rings. The fourth-order valence-corrected chi connectivity index (χ4v) is 3.67. The molecule has 1 saturated heterocycles. The second kappa shape index (κ2) is 9.61. The number of nitrogens with one attached hydrogen (secondary N) is 1. The van der Waals surface area contributed by atoms with Crippen LogP contribution in [0.4, 0.5) is 0 Å². The van der Waals surface area contributed by atoms with Crippen LogP contribution >= 0.6 is 24.0 Å². The van der Waals surface area contributed by atoms with Gasteiger partial charge in [0.05, 0.1) is 0 Å². The van der Waals surface area contributed by atoms with E-state index in [2.05, 4.69) is 53.2 Å². The molecule has 0 amide bonds. The maximum Gasteiger partial charge on any atom is 0.194 e. The summed E-state index contributed by atoms with van der Waals surface area (Å²) in [5.74, 6) is 1.82. The Morgan fingerprint density at radius 3 is 2.71 bits per heavy atom. The number of likely N-dealkylation sites (tertiary alicyclic amines) is 1. The molecule has 4 nitrogen and oxygen atoms in total. The summed E-state index contributed by atoms with van der Waals surface area (Å²) in [6.07, 6.45) is 2.41. The van der Waals surface area contributed by atoms with Crippen LogP contribution in [0.2, 0.25) is 0 Å². The Hall–Kier alpha value is -0.820. The van der Waals surface area contributed by atoms with Gasteiger partial charge in [-0.2, -0.15) is 0 Å². The third-order valence-corrected chi connectivity index (χ3v) is 5.08. The topological polar surface area (TPSA) is 30.9 Å². The number of hydrogen-bond donors (Lipinski definition) is 1. The summed E-state index contributed by atoms with van der Waals surface area (Å²) >= 11 is 0. The van der Waals surface area contributed by atoms with Crippen molar-refractivity contribution in [3.63, 3.8) is 0 Å². The average molecular weight is 442 g/mol. The summed E-state index contributed by atoms with van der Waals surface area (Å²) in [6.45, 7) is 12.0. The molecule has 0 aromatic heterocycles. The third-order valence-electron chi connectivity index (χ3n) is 5.08. The molecular formula is C19H31IN4. The number of nitrogens with zero attached hydrogens (tertiary/aromatic N) is 3. The second-order valence-electron chi connectivity index (χ2n) is 6.68. The molecule has 0 radical (unpaired) electrons. The van der Waals surface area contributed by atoms with Gasteiger partial charge in [-0.25, -0.2) is 0 Å². The predicted molar refractivity (Wildman–Crippen MR) is 112 cm³/mol. The van der Waals surface area contributed by atoms with Gasteiger partial charge in [0.15, 0.2) is 5.96 Å². The van der Waals surface area contributed by atoms with Crippen molar-refractivity contribution in [2.45, 2.75) is 33.2 Å². The lowest BCUT2D eigenvalue weighted by molar-refractivity contribution is 0.342. The summed E-state index contributed by atoms with van der Waals surface area (Å²) in [6, 6.07) is 8.80. The van der Waals surface area contributed by atoms with Crippen molar-refractivity contribution in [1.82, 2.24) is 15.1 Å². The monoisotopic (exact) mass is 442 g/mol. The van der Waals surface area contributed by atoms with E-state index in [-0.39, 0.29) is 24.0 Å². The first-order chi connectivity index (χ1) is 11.3. The smallest absolute Gasteiger partial charge is 0.194 e. The Bertz CT molecular complexity index is 546. The average Bonchev–Trinajstić information content (AvgIpc) is 3.06. The minimum atomic E-state index is 0. The molecule has 134 valence electrons. The highest BCUT2D eigenvalue weighted by molar-refractivity contribution is 14.0. The summed E-state index contributed by atoms with van der Waals surface area (Å²) < 4.78 is 0. The Labute approximate surface area is 163 Å². The van der Waals surface area contributed by atoms with Crippen LogP contribution in [0.1, 0.15) is 31.4 Å². The second-order valence-corrected chi connectivity index (χ2v) is 6.68. The molecular weight excluding hydrogens is 411 g/mol. The summed E-state index contributed by atoms with van der Waals surface area (Å²) in [5.41, 5.74) is 2.94. The Morgan fingerprint density at radius 2 is 2.00 bits per heavy atom. The zero-order valence-electron chi connectivity index (χ0n) is 15.0. The van der Waals surface area contributed by atoms with Crippen molar-refractivity contribution >= 4 is 29.9 Å². The van der Waals surface area contributed by atoms with Gasteiger partial charge < -0.3 is 15.1 Å². The highest BCUT2D eigenvalue weighted by atomic mass is 127.